The lowest BCUT2D eigenvalue weighted by atomic mass is 10.1. The van der Waals surface area contributed by atoms with Crippen molar-refractivity contribution in [2.45, 2.75) is 38.1 Å². The highest BCUT2D eigenvalue weighted by Gasteiger charge is 2.26. The fourth-order valence-corrected chi connectivity index (χ4v) is 3.07. The zero-order valence-corrected chi connectivity index (χ0v) is 13.7. The predicted molar refractivity (Wildman–Crippen MR) is 80.3 cm³/mol. The molecule has 6 nitrogen and oxygen atoms in total. The van der Waals surface area contributed by atoms with Gasteiger partial charge in [-0.15, -0.1) is 0 Å². The summed E-state index contributed by atoms with van der Waals surface area (Å²) in [4.78, 5) is 0.0657. The fourth-order valence-electron chi connectivity index (χ4n) is 1.65. The van der Waals surface area contributed by atoms with E-state index in [1.54, 1.807) is 19.9 Å². The van der Waals surface area contributed by atoms with Gasteiger partial charge in [0.15, 0.2) is 11.5 Å². The Labute approximate surface area is 126 Å². The number of aliphatic hydroxyl groups excluding tert-OH is 1. The van der Waals surface area contributed by atoms with E-state index in [0.717, 1.165) is 0 Å². The number of nitrogens with one attached hydrogen (secondary N) is 1. The smallest absolute Gasteiger partial charge is 0.241 e. The average Bonchev–Trinajstić information content (AvgIpc) is 2.40. The summed E-state index contributed by atoms with van der Waals surface area (Å²) >= 11 is 0. The lowest BCUT2D eigenvalue weighted by molar-refractivity contribution is 0.208. The predicted octanol–water partition coefficient (Wildman–Crippen LogP) is 1.53. The van der Waals surface area contributed by atoms with E-state index in [2.05, 4.69) is 4.72 Å². The fraction of sp³-hybridized carbons (Fsp3) is 0.571. The van der Waals surface area contributed by atoms with E-state index in [9.17, 15) is 13.5 Å². The van der Waals surface area contributed by atoms with Crippen LogP contribution >= 0.6 is 0 Å². The summed E-state index contributed by atoms with van der Waals surface area (Å²) in [5, 5.41) is 9.19. The number of sulfonamides is 1. The van der Waals surface area contributed by atoms with Crippen LogP contribution in [0.3, 0.4) is 0 Å². The molecule has 0 saturated carbocycles. The van der Waals surface area contributed by atoms with Gasteiger partial charge in [-0.1, -0.05) is 0 Å². The molecular formula is C14H23NO5S. The van der Waals surface area contributed by atoms with Gasteiger partial charge < -0.3 is 14.6 Å². The second-order valence-corrected chi connectivity index (χ2v) is 6.80. The summed E-state index contributed by atoms with van der Waals surface area (Å²) < 4.78 is 37.9. The highest BCUT2D eigenvalue weighted by Crippen LogP contribution is 2.30. The molecule has 0 fully saturated rings. The van der Waals surface area contributed by atoms with E-state index >= 15 is 0 Å². The molecule has 0 unspecified atom stereocenters. The van der Waals surface area contributed by atoms with Gasteiger partial charge in [-0.05, 0) is 39.8 Å². The van der Waals surface area contributed by atoms with Crippen molar-refractivity contribution in [3.8, 4) is 11.5 Å². The van der Waals surface area contributed by atoms with E-state index in [-0.39, 0.29) is 11.5 Å². The zero-order valence-electron chi connectivity index (χ0n) is 12.8. The molecule has 0 atom stereocenters. The van der Waals surface area contributed by atoms with E-state index in [0.29, 0.717) is 24.7 Å². The van der Waals surface area contributed by atoms with Gasteiger partial charge in [-0.3, -0.25) is 0 Å². The number of rotatable bonds is 8. The van der Waals surface area contributed by atoms with Gasteiger partial charge in [0, 0.05) is 6.07 Å². The molecule has 120 valence electrons. The number of ether oxygens (including phenoxy) is 2. The Hall–Kier alpha value is -1.31. The number of hydrogen-bond acceptors (Lipinski definition) is 5. The third kappa shape index (κ3) is 4.87. The topological polar surface area (TPSA) is 84.9 Å². The highest BCUT2D eigenvalue weighted by atomic mass is 32.2. The first-order valence-electron chi connectivity index (χ1n) is 6.80. The second-order valence-electron chi connectivity index (χ2n) is 5.12. The summed E-state index contributed by atoms with van der Waals surface area (Å²) in [5.41, 5.74) is -0.941. The Bertz CT molecular complexity index is 569. The van der Waals surface area contributed by atoms with E-state index in [4.69, 9.17) is 9.47 Å². The van der Waals surface area contributed by atoms with Gasteiger partial charge >= 0.3 is 0 Å². The van der Waals surface area contributed by atoms with Crippen molar-refractivity contribution in [3.05, 3.63) is 18.2 Å². The van der Waals surface area contributed by atoms with Crippen LogP contribution in [-0.4, -0.2) is 38.9 Å². The Morgan fingerprint density at radius 1 is 1.14 bits per heavy atom. The molecule has 0 bridgehead atoms. The van der Waals surface area contributed by atoms with Crippen LogP contribution in [0, 0.1) is 0 Å². The highest BCUT2D eigenvalue weighted by molar-refractivity contribution is 7.89. The van der Waals surface area contributed by atoms with Crippen LogP contribution in [0.4, 0.5) is 0 Å². The summed E-state index contributed by atoms with van der Waals surface area (Å²) in [6.45, 7) is 7.41. The van der Waals surface area contributed by atoms with Crippen molar-refractivity contribution in [1.29, 1.82) is 0 Å². The maximum absolute atomic E-state index is 12.3. The molecule has 1 aromatic rings. The van der Waals surface area contributed by atoms with Gasteiger partial charge in [0.2, 0.25) is 10.0 Å². The SMILES string of the molecule is CCOc1ccc(S(=O)(=O)NC(C)(C)CO)cc1OCC. The van der Waals surface area contributed by atoms with E-state index < -0.39 is 15.6 Å². The van der Waals surface area contributed by atoms with Crippen molar-refractivity contribution >= 4 is 10.0 Å². The molecule has 1 aromatic carbocycles. The van der Waals surface area contributed by atoms with E-state index in [1.807, 2.05) is 13.8 Å². The quantitative estimate of drug-likeness (QED) is 0.759. The lowest BCUT2D eigenvalue weighted by Crippen LogP contribution is -2.46. The third-order valence-electron chi connectivity index (χ3n) is 2.63. The van der Waals surface area contributed by atoms with Crippen molar-refractivity contribution in [1.82, 2.24) is 4.72 Å². The van der Waals surface area contributed by atoms with Gasteiger partial charge in [0.25, 0.3) is 0 Å². The molecule has 0 spiro atoms. The molecule has 0 heterocycles. The molecule has 0 aliphatic rings. The monoisotopic (exact) mass is 317 g/mol. The summed E-state index contributed by atoms with van der Waals surface area (Å²) in [6.07, 6.45) is 0. The molecule has 2 N–H and O–H groups in total. The summed E-state index contributed by atoms with van der Waals surface area (Å²) in [5.74, 6) is 0.878. The van der Waals surface area contributed by atoms with Crippen molar-refractivity contribution < 1.29 is 23.0 Å². The van der Waals surface area contributed by atoms with E-state index in [1.165, 1.54) is 12.1 Å². The summed E-state index contributed by atoms with van der Waals surface area (Å²) in [7, 11) is -3.75. The van der Waals surface area contributed by atoms with Crippen LogP contribution in [0.5, 0.6) is 11.5 Å². The lowest BCUT2D eigenvalue weighted by Gasteiger charge is -2.23. The molecule has 0 radical (unpaired) electrons. The second kappa shape index (κ2) is 7.11. The molecule has 0 amide bonds. The van der Waals surface area contributed by atoms with Crippen molar-refractivity contribution in [3.63, 3.8) is 0 Å². The molecule has 0 saturated heterocycles. The number of hydrogen-bond donors (Lipinski definition) is 2. The van der Waals surface area contributed by atoms with Gasteiger partial charge in [-0.2, -0.15) is 0 Å². The first kappa shape index (κ1) is 17.7. The minimum Gasteiger partial charge on any atom is -0.490 e. The zero-order chi connectivity index (χ0) is 16.1. The van der Waals surface area contributed by atoms with Crippen LogP contribution in [0.1, 0.15) is 27.7 Å². The Morgan fingerprint density at radius 3 is 2.24 bits per heavy atom. The largest absolute Gasteiger partial charge is 0.490 e. The molecule has 7 heteroatoms. The first-order valence-corrected chi connectivity index (χ1v) is 8.28. The van der Waals surface area contributed by atoms with Crippen LogP contribution in [-0.2, 0) is 10.0 Å². The molecule has 21 heavy (non-hydrogen) atoms. The van der Waals surface area contributed by atoms with Crippen LogP contribution in [0.25, 0.3) is 0 Å². The molecular weight excluding hydrogens is 294 g/mol. The minimum atomic E-state index is -3.75. The van der Waals surface area contributed by atoms with Crippen molar-refractivity contribution in [2.24, 2.45) is 0 Å². The standard InChI is InChI=1S/C14H23NO5S/c1-5-19-12-8-7-11(9-13(12)20-6-2)21(17,18)15-14(3,4)10-16/h7-9,15-16H,5-6,10H2,1-4H3. The first-order chi connectivity index (χ1) is 9.75. The maximum Gasteiger partial charge on any atom is 0.241 e. The van der Waals surface area contributed by atoms with Crippen LogP contribution in [0.2, 0.25) is 0 Å². The Morgan fingerprint density at radius 2 is 1.71 bits per heavy atom. The minimum absolute atomic E-state index is 0.0657. The Kier molecular flexibility index (Phi) is 6.00. The molecule has 1 rings (SSSR count). The van der Waals surface area contributed by atoms with Crippen molar-refractivity contribution in [2.75, 3.05) is 19.8 Å². The van der Waals surface area contributed by atoms with Gasteiger partial charge in [0.05, 0.1) is 30.3 Å². The van der Waals surface area contributed by atoms with Gasteiger partial charge in [0.1, 0.15) is 0 Å². The Balaban J connectivity index is 3.15. The average molecular weight is 317 g/mol. The number of aliphatic hydroxyl groups is 1. The third-order valence-corrected chi connectivity index (χ3v) is 4.33. The van der Waals surface area contributed by atoms with Crippen LogP contribution in [0.15, 0.2) is 23.1 Å². The molecule has 0 aliphatic heterocycles. The maximum atomic E-state index is 12.3. The molecule has 0 aromatic heterocycles. The van der Waals surface area contributed by atoms with Gasteiger partial charge in [-0.25, -0.2) is 13.1 Å². The molecule has 0 aliphatic carbocycles. The normalized spacial score (nSPS) is 12.2. The summed E-state index contributed by atoms with van der Waals surface area (Å²) in [6, 6.07) is 4.43. The number of benzene rings is 1. The van der Waals surface area contributed by atoms with Crippen LogP contribution < -0.4 is 14.2 Å².